The number of ether oxygens (including phenoxy) is 1. The van der Waals surface area contributed by atoms with Crippen LogP contribution in [0.15, 0.2) is 11.1 Å². The maximum Gasteiger partial charge on any atom is 0.313 e. The molecule has 1 aliphatic heterocycles. The van der Waals surface area contributed by atoms with Gasteiger partial charge >= 0.3 is 5.65 Å². The molecule has 1 fully saturated rings. The van der Waals surface area contributed by atoms with Crippen LogP contribution in [0.2, 0.25) is 0 Å². The SMILES string of the molecule is C[C@H]1O[C@@H]([n+]2cn(C)c3c(=O)[nH]c(N)nc32)[C@H](O)[C@@H]1CNC=O. The topological polar surface area (TPSA) is 139 Å². The summed E-state index contributed by atoms with van der Waals surface area (Å²) in [6.45, 7) is 2.12. The quantitative estimate of drug-likeness (QED) is 0.371. The Labute approximate surface area is 130 Å². The molecule has 4 atom stereocenters. The Balaban J connectivity index is 2.04. The number of nitrogens with one attached hydrogen (secondary N) is 2. The Morgan fingerprint density at radius 1 is 1.65 bits per heavy atom. The van der Waals surface area contributed by atoms with Crippen molar-refractivity contribution in [1.82, 2.24) is 19.9 Å². The first-order chi connectivity index (χ1) is 10.9. The lowest BCUT2D eigenvalue weighted by Gasteiger charge is -2.16. The van der Waals surface area contributed by atoms with Gasteiger partial charge in [0.25, 0.3) is 11.5 Å². The fourth-order valence-corrected chi connectivity index (χ4v) is 3.05. The van der Waals surface area contributed by atoms with Crippen molar-refractivity contribution in [2.24, 2.45) is 13.0 Å². The number of fused-ring (bicyclic) bond motifs is 1. The highest BCUT2D eigenvalue weighted by Gasteiger charge is 2.45. The molecule has 10 nitrogen and oxygen atoms in total. The Bertz CT molecular complexity index is 800. The molecule has 1 amide bonds. The fourth-order valence-electron chi connectivity index (χ4n) is 3.05. The van der Waals surface area contributed by atoms with Crippen molar-refractivity contribution in [2.75, 3.05) is 12.3 Å². The van der Waals surface area contributed by atoms with Gasteiger partial charge in [-0.25, -0.2) is 4.57 Å². The van der Waals surface area contributed by atoms with Gasteiger partial charge in [0.05, 0.1) is 13.2 Å². The number of nitrogens with two attached hydrogens (primary N) is 1. The van der Waals surface area contributed by atoms with E-state index < -0.39 is 12.3 Å². The maximum absolute atomic E-state index is 12.0. The average Bonchev–Trinajstić information content (AvgIpc) is 2.95. The van der Waals surface area contributed by atoms with Crippen LogP contribution in [0.1, 0.15) is 13.2 Å². The Hall–Kier alpha value is -2.46. The molecule has 5 N–H and O–H groups in total. The third-order valence-electron chi connectivity index (χ3n) is 4.19. The molecule has 1 aliphatic rings. The van der Waals surface area contributed by atoms with E-state index in [4.69, 9.17) is 10.5 Å². The molecule has 0 spiro atoms. The number of carbonyl (C=O) groups excluding carboxylic acids is 1. The van der Waals surface area contributed by atoms with Crippen molar-refractivity contribution in [3.8, 4) is 0 Å². The van der Waals surface area contributed by atoms with Gasteiger partial charge in [0.15, 0.2) is 6.33 Å². The molecule has 23 heavy (non-hydrogen) atoms. The number of carbonyl (C=O) groups is 1. The number of aliphatic hydroxyl groups is 1. The number of aromatic nitrogens is 4. The molecule has 124 valence electrons. The van der Waals surface area contributed by atoms with Gasteiger partial charge in [-0.15, -0.1) is 0 Å². The molecule has 0 unspecified atom stereocenters. The first-order valence-electron chi connectivity index (χ1n) is 7.20. The van der Waals surface area contributed by atoms with Crippen LogP contribution in [0.3, 0.4) is 0 Å². The summed E-state index contributed by atoms with van der Waals surface area (Å²) in [4.78, 5) is 29.1. The molecular formula is C13H19N6O4+. The fraction of sp³-hybridized carbons (Fsp3) is 0.538. The van der Waals surface area contributed by atoms with Gasteiger partial charge in [0.1, 0.15) is 6.10 Å². The Morgan fingerprint density at radius 2 is 2.39 bits per heavy atom. The molecule has 10 heteroatoms. The van der Waals surface area contributed by atoms with Crippen molar-refractivity contribution in [3.63, 3.8) is 0 Å². The predicted octanol–water partition coefficient (Wildman–Crippen LogP) is -2.23. The zero-order valence-corrected chi connectivity index (χ0v) is 12.8. The highest BCUT2D eigenvalue weighted by Crippen LogP contribution is 2.30. The van der Waals surface area contributed by atoms with Crippen molar-refractivity contribution in [2.45, 2.75) is 25.4 Å². The van der Waals surface area contributed by atoms with Gasteiger partial charge in [0.2, 0.25) is 18.2 Å². The van der Waals surface area contributed by atoms with Gasteiger partial charge < -0.3 is 20.9 Å². The lowest BCUT2D eigenvalue weighted by molar-refractivity contribution is -0.745. The van der Waals surface area contributed by atoms with E-state index in [1.165, 1.54) is 0 Å². The molecule has 0 saturated carbocycles. The Kier molecular flexibility index (Phi) is 3.78. The molecule has 0 radical (unpaired) electrons. The minimum Gasteiger partial charge on any atom is -0.386 e. The summed E-state index contributed by atoms with van der Waals surface area (Å²) in [6.07, 6.45) is 0.350. The number of aryl methyl sites for hydroxylation is 1. The number of rotatable bonds is 4. The van der Waals surface area contributed by atoms with Gasteiger partial charge in [0, 0.05) is 12.5 Å². The number of anilines is 1. The molecule has 2 aromatic rings. The summed E-state index contributed by atoms with van der Waals surface area (Å²) in [5.74, 6) is -0.283. The second kappa shape index (κ2) is 5.63. The molecule has 2 aromatic heterocycles. The molecule has 1 saturated heterocycles. The summed E-state index contributed by atoms with van der Waals surface area (Å²) in [5, 5.41) is 13.1. The maximum atomic E-state index is 12.0. The van der Waals surface area contributed by atoms with E-state index in [-0.39, 0.29) is 23.5 Å². The van der Waals surface area contributed by atoms with E-state index in [0.717, 1.165) is 0 Å². The number of imidazole rings is 1. The first-order valence-corrected chi connectivity index (χ1v) is 7.20. The summed E-state index contributed by atoms with van der Waals surface area (Å²) >= 11 is 0. The van der Waals surface area contributed by atoms with Crippen molar-refractivity contribution >= 4 is 23.5 Å². The number of aromatic amines is 1. The largest absolute Gasteiger partial charge is 0.386 e. The van der Waals surface area contributed by atoms with Crippen LogP contribution in [0, 0.1) is 5.92 Å². The number of aliphatic hydroxyl groups excluding tert-OH is 1. The molecule has 0 bridgehead atoms. The minimum atomic E-state index is -0.865. The minimum absolute atomic E-state index is 0.0119. The van der Waals surface area contributed by atoms with Crippen LogP contribution in [-0.2, 0) is 16.6 Å². The molecule has 3 rings (SSSR count). The predicted molar refractivity (Wildman–Crippen MR) is 79.1 cm³/mol. The van der Waals surface area contributed by atoms with E-state index in [1.807, 2.05) is 6.92 Å². The number of hydrogen-bond donors (Lipinski definition) is 4. The molecule has 3 heterocycles. The number of nitrogens with zero attached hydrogens (tertiary/aromatic N) is 3. The molecular weight excluding hydrogens is 304 g/mol. The zero-order valence-electron chi connectivity index (χ0n) is 12.8. The van der Waals surface area contributed by atoms with Gasteiger partial charge in [-0.1, -0.05) is 4.98 Å². The lowest BCUT2D eigenvalue weighted by Crippen LogP contribution is -2.46. The second-order valence-electron chi connectivity index (χ2n) is 5.67. The van der Waals surface area contributed by atoms with Crippen molar-refractivity contribution in [1.29, 1.82) is 0 Å². The van der Waals surface area contributed by atoms with E-state index in [2.05, 4.69) is 15.3 Å². The third kappa shape index (κ3) is 2.45. The van der Waals surface area contributed by atoms with Crippen LogP contribution in [0.25, 0.3) is 11.2 Å². The zero-order chi connectivity index (χ0) is 16.7. The van der Waals surface area contributed by atoms with Crippen LogP contribution in [0.4, 0.5) is 5.95 Å². The number of amides is 1. The van der Waals surface area contributed by atoms with E-state index in [0.29, 0.717) is 24.1 Å². The van der Waals surface area contributed by atoms with Crippen LogP contribution < -0.4 is 21.2 Å². The van der Waals surface area contributed by atoms with Crippen LogP contribution in [-0.4, -0.2) is 44.8 Å². The highest BCUT2D eigenvalue weighted by atomic mass is 16.5. The number of nitrogen functional groups attached to an aromatic ring is 1. The smallest absolute Gasteiger partial charge is 0.313 e. The van der Waals surface area contributed by atoms with Crippen molar-refractivity contribution in [3.05, 3.63) is 16.7 Å². The monoisotopic (exact) mass is 323 g/mol. The number of hydrogen-bond acceptors (Lipinski definition) is 6. The molecule has 0 aliphatic carbocycles. The van der Waals surface area contributed by atoms with Gasteiger partial charge in [-0.05, 0) is 6.92 Å². The number of H-pyrrole nitrogens is 1. The summed E-state index contributed by atoms with van der Waals surface area (Å²) < 4.78 is 9.00. The lowest BCUT2D eigenvalue weighted by atomic mass is 9.99. The molecule has 0 aromatic carbocycles. The normalized spacial score (nSPS) is 27.4. The van der Waals surface area contributed by atoms with Gasteiger partial charge in [-0.2, -0.15) is 0 Å². The first kappa shape index (κ1) is 15.4. The Morgan fingerprint density at radius 3 is 3.09 bits per heavy atom. The summed E-state index contributed by atoms with van der Waals surface area (Å²) in [7, 11) is 1.70. The average molecular weight is 323 g/mol. The third-order valence-corrected chi connectivity index (χ3v) is 4.19. The van der Waals surface area contributed by atoms with Crippen LogP contribution in [0.5, 0.6) is 0 Å². The van der Waals surface area contributed by atoms with Crippen LogP contribution >= 0.6 is 0 Å². The van der Waals surface area contributed by atoms with E-state index in [1.54, 1.807) is 22.5 Å². The van der Waals surface area contributed by atoms with E-state index in [9.17, 15) is 14.7 Å². The highest BCUT2D eigenvalue weighted by molar-refractivity contribution is 5.67. The van der Waals surface area contributed by atoms with Crippen molar-refractivity contribution < 1.29 is 19.2 Å². The van der Waals surface area contributed by atoms with E-state index >= 15 is 0 Å². The summed E-state index contributed by atoms with van der Waals surface area (Å²) in [5.41, 5.74) is 5.91. The summed E-state index contributed by atoms with van der Waals surface area (Å²) in [6, 6.07) is 0. The van der Waals surface area contributed by atoms with Gasteiger partial charge in [-0.3, -0.25) is 19.1 Å². The standard InChI is InChI=1S/C13H18N6O4/c1-6-7(3-15-4-20)9(21)12(23-6)19-5-18(2)8-10(19)16-13(14)17-11(8)22/h4-7,9,12,21H,3H2,1-2H3,(H3-,14,15,16,17,20,22)/p+1/t6-,7-,9-,12-/m1/s1. The second-order valence-corrected chi connectivity index (χ2v) is 5.67.